The average molecular weight is 553 g/mol. The molecule has 0 radical (unpaired) electrons. The quantitative estimate of drug-likeness (QED) is 0.288. The van der Waals surface area contributed by atoms with Crippen LogP contribution < -0.4 is 20.2 Å². The van der Waals surface area contributed by atoms with Crippen molar-refractivity contribution >= 4 is 39.6 Å². The Labute approximate surface area is 215 Å². The Hall–Kier alpha value is -4.23. The largest absolute Gasteiger partial charge is 0.490 e. The fraction of sp³-hybridized carbons (Fsp3) is 0.154. The van der Waals surface area contributed by atoms with Crippen molar-refractivity contribution in [1.82, 2.24) is 5.43 Å². The Morgan fingerprint density at radius 2 is 1.83 bits per heavy atom. The van der Waals surface area contributed by atoms with E-state index >= 15 is 0 Å². The highest BCUT2D eigenvalue weighted by atomic mass is 79.9. The maximum absolute atomic E-state index is 14.0. The van der Waals surface area contributed by atoms with E-state index in [1.807, 2.05) is 19.1 Å². The summed E-state index contributed by atoms with van der Waals surface area (Å²) >= 11 is 3.41. The summed E-state index contributed by atoms with van der Waals surface area (Å²) in [5.41, 5.74) is 4.39. The topological polar surface area (TPSA) is 113 Å². The van der Waals surface area contributed by atoms with Crippen molar-refractivity contribution in [3.05, 3.63) is 87.1 Å². The molecule has 3 rings (SSSR count). The van der Waals surface area contributed by atoms with E-state index in [1.165, 1.54) is 18.3 Å². The molecular weight excluding hydrogens is 531 g/mol. The lowest BCUT2D eigenvalue weighted by molar-refractivity contribution is -0.118. The van der Waals surface area contributed by atoms with Crippen molar-refractivity contribution < 1.29 is 23.5 Å². The van der Waals surface area contributed by atoms with Gasteiger partial charge in [-0.25, -0.2) is 9.82 Å². The monoisotopic (exact) mass is 552 g/mol. The molecule has 0 bridgehead atoms. The van der Waals surface area contributed by atoms with E-state index in [2.05, 4.69) is 31.8 Å². The number of benzene rings is 3. The van der Waals surface area contributed by atoms with Crippen molar-refractivity contribution in [2.24, 2.45) is 5.10 Å². The third kappa shape index (κ3) is 7.13. The maximum Gasteiger partial charge on any atom is 0.274 e. The van der Waals surface area contributed by atoms with Crippen LogP contribution in [-0.4, -0.2) is 31.2 Å². The summed E-state index contributed by atoms with van der Waals surface area (Å²) in [5.74, 6) is -1.22. The van der Waals surface area contributed by atoms with Crippen LogP contribution in [0.15, 0.2) is 64.2 Å². The molecule has 0 aliphatic rings. The second-order valence-electron chi connectivity index (χ2n) is 7.46. The molecule has 0 aliphatic carbocycles. The number of rotatable bonds is 9. The van der Waals surface area contributed by atoms with E-state index in [-0.39, 0.29) is 23.6 Å². The summed E-state index contributed by atoms with van der Waals surface area (Å²) in [6.45, 7) is 3.87. The molecule has 0 heterocycles. The van der Waals surface area contributed by atoms with Gasteiger partial charge in [0, 0.05) is 15.7 Å². The van der Waals surface area contributed by atoms with Gasteiger partial charge in [0.15, 0.2) is 18.1 Å². The van der Waals surface area contributed by atoms with E-state index in [1.54, 1.807) is 37.3 Å². The minimum absolute atomic E-state index is 0.106. The van der Waals surface area contributed by atoms with Crippen LogP contribution in [0.2, 0.25) is 0 Å². The number of halogens is 2. The molecule has 0 spiro atoms. The minimum Gasteiger partial charge on any atom is -0.490 e. The van der Waals surface area contributed by atoms with Gasteiger partial charge in [-0.15, -0.1) is 0 Å². The summed E-state index contributed by atoms with van der Waals surface area (Å²) in [6, 6.07) is 16.0. The van der Waals surface area contributed by atoms with Gasteiger partial charge in [0.1, 0.15) is 5.82 Å². The first-order valence-corrected chi connectivity index (χ1v) is 11.6. The van der Waals surface area contributed by atoms with Gasteiger partial charge >= 0.3 is 0 Å². The van der Waals surface area contributed by atoms with Crippen LogP contribution in [-0.2, 0) is 4.79 Å². The predicted molar refractivity (Wildman–Crippen MR) is 137 cm³/mol. The van der Waals surface area contributed by atoms with Gasteiger partial charge in [-0.3, -0.25) is 9.59 Å². The fourth-order valence-electron chi connectivity index (χ4n) is 3.00. The van der Waals surface area contributed by atoms with Crippen molar-refractivity contribution in [3.8, 4) is 17.6 Å². The zero-order valence-corrected chi connectivity index (χ0v) is 21.1. The Bertz CT molecular complexity index is 1340. The van der Waals surface area contributed by atoms with Gasteiger partial charge < -0.3 is 14.8 Å². The Kier molecular flexibility index (Phi) is 9.13. The molecule has 3 aromatic rings. The normalized spacial score (nSPS) is 10.5. The van der Waals surface area contributed by atoms with Crippen molar-refractivity contribution in [2.75, 3.05) is 18.5 Å². The second-order valence-corrected chi connectivity index (χ2v) is 8.32. The third-order valence-corrected chi connectivity index (χ3v) is 5.46. The van der Waals surface area contributed by atoms with Crippen LogP contribution in [0.3, 0.4) is 0 Å². The number of nitrogens with zero attached hydrogens (tertiary/aromatic N) is 2. The lowest BCUT2D eigenvalue weighted by atomic mass is 10.1. The first-order chi connectivity index (χ1) is 17.3. The van der Waals surface area contributed by atoms with E-state index in [4.69, 9.17) is 14.7 Å². The molecule has 0 aliphatic heterocycles. The molecule has 0 saturated heterocycles. The molecule has 0 atom stereocenters. The highest BCUT2D eigenvalue weighted by Gasteiger charge is 2.14. The second kappa shape index (κ2) is 12.5. The maximum atomic E-state index is 14.0. The lowest BCUT2D eigenvalue weighted by Gasteiger charge is -2.14. The first-order valence-electron chi connectivity index (χ1n) is 10.8. The van der Waals surface area contributed by atoms with Crippen molar-refractivity contribution in [2.45, 2.75) is 13.8 Å². The molecular formula is C26H22BrFN4O4. The summed E-state index contributed by atoms with van der Waals surface area (Å²) in [7, 11) is 0. The molecule has 0 aromatic heterocycles. The molecule has 3 aromatic carbocycles. The SMILES string of the molecule is CCOc1cc(/C=N\NC(=O)c2ccc(C#N)cc2F)c(Br)cc1OCC(=O)Nc1ccc(C)cc1. The van der Waals surface area contributed by atoms with Crippen LogP contribution in [0.5, 0.6) is 11.5 Å². The van der Waals surface area contributed by atoms with E-state index in [0.29, 0.717) is 33.8 Å². The molecule has 2 N–H and O–H groups in total. The van der Waals surface area contributed by atoms with Crippen LogP contribution in [0, 0.1) is 24.1 Å². The molecule has 0 saturated carbocycles. The first kappa shape index (κ1) is 26.4. The summed E-state index contributed by atoms with van der Waals surface area (Å²) in [4.78, 5) is 24.5. The van der Waals surface area contributed by atoms with Gasteiger partial charge in [0.2, 0.25) is 0 Å². The standard InChI is InChI=1S/C26H22BrFN4O4/c1-3-35-23-11-18(14-30-32-26(34)20-9-6-17(13-29)10-22(20)28)21(27)12-24(23)36-15-25(33)31-19-7-4-16(2)5-8-19/h4-12,14H,3,15H2,1-2H3,(H,31,33)(H,32,34)/b30-14-. The predicted octanol–water partition coefficient (Wildman–Crippen LogP) is 4.95. The number of hydrogen-bond donors (Lipinski definition) is 2. The number of hydrogen-bond acceptors (Lipinski definition) is 6. The number of nitriles is 1. The number of nitrogens with one attached hydrogen (secondary N) is 2. The Morgan fingerprint density at radius 3 is 2.50 bits per heavy atom. The number of anilines is 1. The summed E-state index contributed by atoms with van der Waals surface area (Å²) < 4.78 is 25.9. The van der Waals surface area contributed by atoms with E-state index in [0.717, 1.165) is 11.6 Å². The van der Waals surface area contributed by atoms with Gasteiger partial charge in [0.05, 0.1) is 30.0 Å². The van der Waals surface area contributed by atoms with Crippen LogP contribution in [0.1, 0.15) is 34.0 Å². The summed E-state index contributed by atoms with van der Waals surface area (Å²) in [6.07, 6.45) is 1.35. The molecule has 0 fully saturated rings. The fourth-order valence-corrected chi connectivity index (χ4v) is 3.42. The smallest absolute Gasteiger partial charge is 0.274 e. The number of ether oxygens (including phenoxy) is 2. The van der Waals surface area contributed by atoms with Crippen molar-refractivity contribution in [3.63, 3.8) is 0 Å². The molecule has 10 heteroatoms. The molecule has 36 heavy (non-hydrogen) atoms. The number of carbonyl (C=O) groups excluding carboxylic acids is 2. The van der Waals surface area contributed by atoms with Crippen LogP contribution in [0.4, 0.5) is 10.1 Å². The van der Waals surface area contributed by atoms with Gasteiger partial charge in [-0.1, -0.05) is 17.7 Å². The van der Waals surface area contributed by atoms with E-state index in [9.17, 15) is 14.0 Å². The van der Waals surface area contributed by atoms with Gasteiger partial charge in [0.25, 0.3) is 11.8 Å². The zero-order chi connectivity index (χ0) is 26.1. The number of amides is 2. The van der Waals surface area contributed by atoms with Gasteiger partial charge in [-0.2, -0.15) is 10.4 Å². The Morgan fingerprint density at radius 1 is 1.11 bits per heavy atom. The Balaban J connectivity index is 1.67. The molecule has 2 amide bonds. The van der Waals surface area contributed by atoms with Crippen LogP contribution in [0.25, 0.3) is 0 Å². The number of hydrazone groups is 1. The highest BCUT2D eigenvalue weighted by Crippen LogP contribution is 2.33. The highest BCUT2D eigenvalue weighted by molar-refractivity contribution is 9.10. The van der Waals surface area contributed by atoms with Crippen LogP contribution >= 0.6 is 15.9 Å². The van der Waals surface area contributed by atoms with E-state index < -0.39 is 11.7 Å². The molecule has 8 nitrogen and oxygen atoms in total. The lowest BCUT2D eigenvalue weighted by Crippen LogP contribution is -2.20. The summed E-state index contributed by atoms with van der Waals surface area (Å²) in [5, 5.41) is 15.4. The van der Waals surface area contributed by atoms with Gasteiger partial charge in [-0.05, 0) is 72.2 Å². The average Bonchev–Trinajstić information content (AvgIpc) is 2.86. The number of carbonyl (C=O) groups is 2. The zero-order valence-electron chi connectivity index (χ0n) is 19.5. The molecule has 184 valence electrons. The minimum atomic E-state index is -0.825. The number of aryl methyl sites for hydroxylation is 1. The molecule has 0 unspecified atom stereocenters. The van der Waals surface area contributed by atoms with Crippen molar-refractivity contribution in [1.29, 1.82) is 5.26 Å². The third-order valence-electron chi connectivity index (χ3n) is 4.77.